The van der Waals surface area contributed by atoms with Crippen molar-refractivity contribution in [3.8, 4) is 5.75 Å². The lowest BCUT2D eigenvalue weighted by atomic mass is 10.0. The zero-order chi connectivity index (χ0) is 16.0. The molecule has 0 amide bonds. The van der Waals surface area contributed by atoms with Crippen molar-refractivity contribution in [3.05, 3.63) is 29.3 Å². The average Bonchev–Trinajstić information content (AvgIpc) is 2.40. The molecule has 5 heteroatoms. The summed E-state index contributed by atoms with van der Waals surface area (Å²) in [5.41, 5.74) is 0.580. The molecule has 0 aliphatic rings. The van der Waals surface area contributed by atoms with E-state index in [1.165, 1.54) is 12.1 Å². The van der Waals surface area contributed by atoms with Crippen molar-refractivity contribution in [2.45, 2.75) is 33.6 Å². The summed E-state index contributed by atoms with van der Waals surface area (Å²) in [5, 5.41) is 0. The number of halogens is 2. The van der Waals surface area contributed by atoms with Crippen LogP contribution >= 0.6 is 0 Å². The summed E-state index contributed by atoms with van der Waals surface area (Å²) in [7, 11) is 0. The number of benzene rings is 1. The van der Waals surface area contributed by atoms with Crippen LogP contribution < -0.4 is 4.74 Å². The molecule has 0 atom stereocenters. The highest BCUT2D eigenvalue weighted by Gasteiger charge is 2.14. The smallest absolute Gasteiger partial charge is 0.190 e. The lowest BCUT2D eigenvalue weighted by Crippen LogP contribution is -2.17. The predicted molar refractivity (Wildman–Crippen MR) is 76.6 cm³/mol. The molecule has 0 saturated heterocycles. The van der Waals surface area contributed by atoms with Crippen LogP contribution in [-0.4, -0.2) is 25.6 Å². The third-order valence-corrected chi connectivity index (χ3v) is 3.05. The second-order valence-electron chi connectivity index (χ2n) is 5.49. The van der Waals surface area contributed by atoms with E-state index in [4.69, 9.17) is 9.47 Å². The molecule has 1 rings (SSSR count). The molecule has 3 nitrogen and oxygen atoms in total. The Kier molecular flexibility index (Phi) is 6.75. The lowest BCUT2D eigenvalue weighted by Gasteiger charge is -2.12. The van der Waals surface area contributed by atoms with Gasteiger partial charge in [-0.25, -0.2) is 8.78 Å². The number of carbonyl (C=O) groups excluding carboxylic acids is 1. The van der Waals surface area contributed by atoms with E-state index in [1.54, 1.807) is 13.8 Å². The van der Waals surface area contributed by atoms with Gasteiger partial charge in [0.2, 0.25) is 0 Å². The molecule has 0 unspecified atom stereocenters. The van der Waals surface area contributed by atoms with Crippen molar-refractivity contribution >= 4 is 5.78 Å². The molecule has 0 aliphatic carbocycles. The monoisotopic (exact) mass is 300 g/mol. The van der Waals surface area contributed by atoms with Gasteiger partial charge in [0.15, 0.2) is 23.2 Å². The van der Waals surface area contributed by atoms with Gasteiger partial charge in [-0.1, -0.05) is 27.7 Å². The molecule has 0 saturated carbocycles. The molecule has 1 aromatic rings. The Balaban J connectivity index is 2.47. The van der Waals surface area contributed by atoms with Gasteiger partial charge in [-0.15, -0.1) is 0 Å². The molecular formula is C16H22F2O3. The fourth-order valence-corrected chi connectivity index (χ4v) is 1.59. The molecule has 1 aromatic carbocycles. The largest absolute Gasteiger partial charge is 0.485 e. The number of ketones is 1. The molecule has 0 fully saturated rings. The van der Waals surface area contributed by atoms with E-state index in [-0.39, 0.29) is 37.4 Å². The van der Waals surface area contributed by atoms with E-state index in [1.807, 2.05) is 13.8 Å². The standard InChI is InChI=1S/C16H22F2O3/c1-10(2)12-7-13(17)16(14(18)8-12)21-6-5-20-9-15(19)11(3)4/h7-8,10-11H,5-6,9H2,1-4H3. The van der Waals surface area contributed by atoms with Gasteiger partial charge < -0.3 is 9.47 Å². The number of ether oxygens (including phenoxy) is 2. The molecule has 0 bridgehead atoms. The van der Waals surface area contributed by atoms with Crippen molar-refractivity contribution in [2.24, 2.45) is 5.92 Å². The van der Waals surface area contributed by atoms with Crippen molar-refractivity contribution in [3.63, 3.8) is 0 Å². The zero-order valence-electron chi connectivity index (χ0n) is 12.9. The van der Waals surface area contributed by atoms with Gasteiger partial charge in [0.05, 0.1) is 6.61 Å². The van der Waals surface area contributed by atoms with Crippen molar-refractivity contribution in [1.82, 2.24) is 0 Å². The highest BCUT2D eigenvalue weighted by atomic mass is 19.1. The third-order valence-electron chi connectivity index (χ3n) is 3.05. The first-order valence-electron chi connectivity index (χ1n) is 7.05. The third kappa shape index (κ3) is 5.42. The summed E-state index contributed by atoms with van der Waals surface area (Å²) in [4.78, 5) is 11.3. The number of hydrogen-bond acceptors (Lipinski definition) is 3. The highest BCUT2D eigenvalue weighted by molar-refractivity contribution is 5.81. The Hall–Kier alpha value is -1.49. The molecule has 0 aromatic heterocycles. The number of carbonyl (C=O) groups is 1. The maximum atomic E-state index is 13.8. The van der Waals surface area contributed by atoms with Crippen LogP contribution in [0, 0.1) is 17.6 Å². The second-order valence-corrected chi connectivity index (χ2v) is 5.49. The van der Waals surface area contributed by atoms with Crippen LogP contribution in [0.3, 0.4) is 0 Å². The minimum Gasteiger partial charge on any atom is -0.485 e. The van der Waals surface area contributed by atoms with Gasteiger partial charge >= 0.3 is 0 Å². The van der Waals surface area contributed by atoms with Crippen LogP contribution in [0.4, 0.5) is 8.78 Å². The topological polar surface area (TPSA) is 35.5 Å². The Morgan fingerprint density at radius 3 is 2.14 bits per heavy atom. The molecular weight excluding hydrogens is 278 g/mol. The minimum absolute atomic E-state index is 0.0137. The number of Topliss-reactive ketones (excluding diaryl/α,β-unsaturated/α-hetero) is 1. The van der Waals surface area contributed by atoms with Gasteiger partial charge in [-0.05, 0) is 23.6 Å². The summed E-state index contributed by atoms with van der Waals surface area (Å²) in [6.45, 7) is 7.34. The summed E-state index contributed by atoms with van der Waals surface area (Å²) in [5.74, 6) is -1.93. The van der Waals surface area contributed by atoms with Crippen LogP contribution in [0.15, 0.2) is 12.1 Å². The van der Waals surface area contributed by atoms with Gasteiger partial charge in [-0.2, -0.15) is 0 Å². The highest BCUT2D eigenvalue weighted by Crippen LogP contribution is 2.26. The average molecular weight is 300 g/mol. The van der Waals surface area contributed by atoms with Gasteiger partial charge in [-0.3, -0.25) is 4.79 Å². The van der Waals surface area contributed by atoms with E-state index < -0.39 is 17.4 Å². The van der Waals surface area contributed by atoms with Crippen molar-refractivity contribution in [1.29, 1.82) is 0 Å². The first-order chi connectivity index (χ1) is 9.82. The SMILES string of the molecule is CC(C)C(=O)COCCOc1c(F)cc(C(C)C)cc1F. The molecule has 0 heterocycles. The summed E-state index contributed by atoms with van der Waals surface area (Å²) in [6.07, 6.45) is 0. The molecule has 0 spiro atoms. The zero-order valence-corrected chi connectivity index (χ0v) is 12.9. The quantitative estimate of drug-likeness (QED) is 0.687. The second kappa shape index (κ2) is 8.08. The fraction of sp³-hybridized carbons (Fsp3) is 0.562. The molecule has 21 heavy (non-hydrogen) atoms. The molecule has 0 N–H and O–H groups in total. The lowest BCUT2D eigenvalue weighted by molar-refractivity contribution is -0.126. The maximum Gasteiger partial charge on any atom is 0.190 e. The van der Waals surface area contributed by atoms with Crippen LogP contribution in [0.5, 0.6) is 5.75 Å². The van der Waals surface area contributed by atoms with Crippen LogP contribution in [0.1, 0.15) is 39.2 Å². The van der Waals surface area contributed by atoms with E-state index in [0.29, 0.717) is 5.56 Å². The van der Waals surface area contributed by atoms with Gasteiger partial charge in [0, 0.05) is 5.92 Å². The maximum absolute atomic E-state index is 13.8. The molecule has 0 radical (unpaired) electrons. The summed E-state index contributed by atoms with van der Waals surface area (Å²) >= 11 is 0. The van der Waals surface area contributed by atoms with Crippen molar-refractivity contribution in [2.75, 3.05) is 19.8 Å². The number of hydrogen-bond donors (Lipinski definition) is 0. The van der Waals surface area contributed by atoms with E-state index in [9.17, 15) is 13.6 Å². The van der Waals surface area contributed by atoms with E-state index in [0.717, 1.165) is 0 Å². The van der Waals surface area contributed by atoms with Crippen LogP contribution in [0.25, 0.3) is 0 Å². The Bertz CT molecular complexity index is 461. The Morgan fingerprint density at radius 1 is 1.10 bits per heavy atom. The van der Waals surface area contributed by atoms with Crippen LogP contribution in [0.2, 0.25) is 0 Å². The van der Waals surface area contributed by atoms with Gasteiger partial charge in [0.1, 0.15) is 13.2 Å². The van der Waals surface area contributed by atoms with Crippen LogP contribution in [-0.2, 0) is 9.53 Å². The first kappa shape index (κ1) is 17.6. The molecule has 0 aliphatic heterocycles. The minimum atomic E-state index is -0.725. The number of rotatable bonds is 8. The first-order valence-corrected chi connectivity index (χ1v) is 7.05. The molecule has 118 valence electrons. The normalized spacial score (nSPS) is 11.2. The Morgan fingerprint density at radius 2 is 1.67 bits per heavy atom. The van der Waals surface area contributed by atoms with E-state index >= 15 is 0 Å². The predicted octanol–water partition coefficient (Wildman–Crippen LogP) is 3.71. The van der Waals surface area contributed by atoms with E-state index in [2.05, 4.69) is 0 Å². The van der Waals surface area contributed by atoms with Gasteiger partial charge in [0.25, 0.3) is 0 Å². The summed E-state index contributed by atoms with van der Waals surface area (Å²) in [6, 6.07) is 2.54. The Labute approximate surface area is 124 Å². The van der Waals surface area contributed by atoms with Crippen molar-refractivity contribution < 1.29 is 23.0 Å². The summed E-state index contributed by atoms with van der Waals surface area (Å²) < 4.78 is 37.7. The fourth-order valence-electron chi connectivity index (χ4n) is 1.59.